The molecule has 146 valence electrons. The number of hydrogen-bond acceptors (Lipinski definition) is 5. The van der Waals surface area contributed by atoms with E-state index >= 15 is 0 Å². The molecule has 0 spiro atoms. The molecular formula is C21H25N5O2. The number of benzene rings is 1. The van der Waals surface area contributed by atoms with Crippen molar-refractivity contribution in [1.82, 2.24) is 24.8 Å². The largest absolute Gasteiger partial charge is 0.379 e. The van der Waals surface area contributed by atoms with Crippen LogP contribution in [-0.4, -0.2) is 58.3 Å². The van der Waals surface area contributed by atoms with Gasteiger partial charge in [0.2, 0.25) is 0 Å². The molecule has 1 amide bonds. The van der Waals surface area contributed by atoms with Gasteiger partial charge in [-0.15, -0.1) is 0 Å². The van der Waals surface area contributed by atoms with Crippen molar-refractivity contribution in [3.05, 3.63) is 65.1 Å². The molecule has 1 aromatic carbocycles. The third-order valence-corrected chi connectivity index (χ3v) is 5.14. The van der Waals surface area contributed by atoms with Crippen LogP contribution in [-0.2, 0) is 4.74 Å². The molecule has 0 radical (unpaired) electrons. The Morgan fingerprint density at radius 1 is 1.21 bits per heavy atom. The number of carbonyl (C=O) groups excluding carboxylic acids is 1. The predicted octanol–water partition coefficient (Wildman–Crippen LogP) is 2.15. The van der Waals surface area contributed by atoms with E-state index in [9.17, 15) is 4.79 Å². The molecule has 1 aliphatic rings. The van der Waals surface area contributed by atoms with E-state index in [-0.39, 0.29) is 11.9 Å². The van der Waals surface area contributed by atoms with Gasteiger partial charge in [0.05, 0.1) is 36.2 Å². The maximum Gasteiger partial charge on any atom is 0.255 e. The molecule has 0 bridgehead atoms. The van der Waals surface area contributed by atoms with Gasteiger partial charge >= 0.3 is 0 Å². The summed E-state index contributed by atoms with van der Waals surface area (Å²) in [5.41, 5.74) is 4.04. The number of aromatic nitrogens is 3. The zero-order valence-electron chi connectivity index (χ0n) is 16.3. The van der Waals surface area contributed by atoms with Gasteiger partial charge in [0.25, 0.3) is 5.91 Å². The molecule has 7 heteroatoms. The fraction of sp³-hybridized carbons (Fsp3) is 0.381. The molecule has 7 nitrogen and oxygen atoms in total. The Hall–Kier alpha value is -2.77. The van der Waals surface area contributed by atoms with Gasteiger partial charge in [0, 0.05) is 31.9 Å². The maximum atomic E-state index is 13.1. The minimum atomic E-state index is -0.137. The van der Waals surface area contributed by atoms with Gasteiger partial charge in [-0.2, -0.15) is 5.10 Å². The average Bonchev–Trinajstić information content (AvgIpc) is 3.10. The van der Waals surface area contributed by atoms with Crippen molar-refractivity contribution in [2.45, 2.75) is 19.9 Å². The van der Waals surface area contributed by atoms with E-state index in [0.29, 0.717) is 5.56 Å². The van der Waals surface area contributed by atoms with Gasteiger partial charge in [0.1, 0.15) is 0 Å². The van der Waals surface area contributed by atoms with Crippen molar-refractivity contribution < 1.29 is 9.53 Å². The second-order valence-electron chi connectivity index (χ2n) is 7.16. The first-order valence-electron chi connectivity index (χ1n) is 9.60. The molecule has 1 saturated heterocycles. The molecule has 2 aromatic heterocycles. The first-order valence-corrected chi connectivity index (χ1v) is 9.60. The van der Waals surface area contributed by atoms with Gasteiger partial charge in [0.15, 0.2) is 5.65 Å². The van der Waals surface area contributed by atoms with Crippen LogP contribution >= 0.6 is 0 Å². The van der Waals surface area contributed by atoms with Crippen LogP contribution in [0.15, 0.2) is 42.6 Å². The molecule has 28 heavy (non-hydrogen) atoms. The Labute approximate surface area is 164 Å². The lowest BCUT2D eigenvalue weighted by molar-refractivity contribution is 0.0332. The molecular weight excluding hydrogens is 354 g/mol. The van der Waals surface area contributed by atoms with E-state index < -0.39 is 0 Å². The van der Waals surface area contributed by atoms with Crippen LogP contribution in [0.25, 0.3) is 5.65 Å². The minimum Gasteiger partial charge on any atom is -0.379 e. The zero-order valence-corrected chi connectivity index (χ0v) is 16.3. The van der Waals surface area contributed by atoms with Crippen LogP contribution in [0.2, 0.25) is 0 Å². The van der Waals surface area contributed by atoms with Crippen LogP contribution in [0.4, 0.5) is 0 Å². The van der Waals surface area contributed by atoms with E-state index in [1.807, 2.05) is 38.1 Å². The Kier molecular flexibility index (Phi) is 5.36. The van der Waals surface area contributed by atoms with Crippen molar-refractivity contribution in [2.24, 2.45) is 0 Å². The Balaban J connectivity index is 1.58. The van der Waals surface area contributed by atoms with Gasteiger partial charge < -0.3 is 10.1 Å². The van der Waals surface area contributed by atoms with Gasteiger partial charge in [-0.1, -0.05) is 30.3 Å². The summed E-state index contributed by atoms with van der Waals surface area (Å²) in [6, 6.07) is 11.9. The molecule has 3 aromatic rings. The summed E-state index contributed by atoms with van der Waals surface area (Å²) in [6.07, 6.45) is 1.64. The zero-order chi connectivity index (χ0) is 19.5. The Morgan fingerprint density at radius 2 is 1.96 bits per heavy atom. The van der Waals surface area contributed by atoms with Crippen LogP contribution < -0.4 is 5.32 Å². The van der Waals surface area contributed by atoms with Crippen LogP contribution in [0.3, 0.4) is 0 Å². The quantitative estimate of drug-likeness (QED) is 0.735. The Bertz CT molecular complexity index is 964. The lowest BCUT2D eigenvalue weighted by atomic mass is 10.1. The number of morpholine rings is 1. The molecule has 4 rings (SSSR count). The van der Waals surface area contributed by atoms with Crippen molar-refractivity contribution >= 4 is 11.6 Å². The molecule has 3 heterocycles. The summed E-state index contributed by atoms with van der Waals surface area (Å²) in [5.74, 6) is -0.137. The van der Waals surface area contributed by atoms with Crippen molar-refractivity contribution in [2.75, 3.05) is 32.8 Å². The maximum absolute atomic E-state index is 13.1. The highest BCUT2D eigenvalue weighted by molar-refractivity contribution is 5.95. The second-order valence-corrected chi connectivity index (χ2v) is 7.16. The highest BCUT2D eigenvalue weighted by Crippen LogP contribution is 2.18. The molecule has 1 N–H and O–H groups in total. The summed E-state index contributed by atoms with van der Waals surface area (Å²) < 4.78 is 7.17. The van der Waals surface area contributed by atoms with Gasteiger partial charge in [-0.25, -0.2) is 9.50 Å². The standard InChI is InChI=1S/C21H25N5O2/c1-15-12-20-22-13-18(16(2)26(20)24-15)21(27)23-19(17-6-4-3-5-7-17)14-25-8-10-28-11-9-25/h3-7,12-13,19H,8-11,14H2,1-2H3,(H,23,27). The van der Waals surface area contributed by atoms with E-state index in [0.717, 1.165) is 55.4 Å². The van der Waals surface area contributed by atoms with Crippen LogP contribution in [0, 0.1) is 13.8 Å². The van der Waals surface area contributed by atoms with Crippen molar-refractivity contribution in [1.29, 1.82) is 0 Å². The van der Waals surface area contributed by atoms with E-state index in [4.69, 9.17) is 4.74 Å². The fourth-order valence-electron chi connectivity index (χ4n) is 3.58. The van der Waals surface area contributed by atoms with Gasteiger partial charge in [-0.3, -0.25) is 9.69 Å². The predicted molar refractivity (Wildman–Crippen MR) is 106 cm³/mol. The third kappa shape index (κ3) is 3.90. The second kappa shape index (κ2) is 8.08. The summed E-state index contributed by atoms with van der Waals surface area (Å²) in [6.45, 7) is 7.77. The summed E-state index contributed by atoms with van der Waals surface area (Å²) in [7, 11) is 0. The van der Waals surface area contributed by atoms with E-state index in [1.54, 1.807) is 10.7 Å². The summed E-state index contributed by atoms with van der Waals surface area (Å²) in [4.78, 5) is 19.8. The van der Waals surface area contributed by atoms with Crippen molar-refractivity contribution in [3.63, 3.8) is 0 Å². The molecule has 1 unspecified atom stereocenters. The van der Waals surface area contributed by atoms with Crippen LogP contribution in [0.1, 0.15) is 33.4 Å². The lowest BCUT2D eigenvalue weighted by Crippen LogP contribution is -2.43. The first-order chi connectivity index (χ1) is 13.6. The summed E-state index contributed by atoms with van der Waals surface area (Å²) in [5, 5.41) is 7.65. The molecule has 1 aliphatic heterocycles. The fourth-order valence-corrected chi connectivity index (χ4v) is 3.58. The van der Waals surface area contributed by atoms with E-state index in [1.165, 1.54) is 0 Å². The Morgan fingerprint density at radius 3 is 2.71 bits per heavy atom. The smallest absolute Gasteiger partial charge is 0.255 e. The van der Waals surface area contributed by atoms with Crippen LogP contribution in [0.5, 0.6) is 0 Å². The summed E-state index contributed by atoms with van der Waals surface area (Å²) >= 11 is 0. The number of nitrogens with zero attached hydrogens (tertiary/aromatic N) is 4. The normalized spacial score (nSPS) is 16.2. The number of aryl methyl sites for hydroxylation is 2. The number of amides is 1. The number of hydrogen-bond donors (Lipinski definition) is 1. The topological polar surface area (TPSA) is 71.8 Å². The monoisotopic (exact) mass is 379 g/mol. The first kappa shape index (κ1) is 18.6. The molecule has 1 atom stereocenters. The number of carbonyl (C=O) groups is 1. The highest BCUT2D eigenvalue weighted by Gasteiger charge is 2.22. The third-order valence-electron chi connectivity index (χ3n) is 5.14. The van der Waals surface area contributed by atoms with E-state index in [2.05, 4.69) is 32.4 Å². The SMILES string of the molecule is Cc1cc2ncc(C(=O)NC(CN3CCOCC3)c3ccccc3)c(C)n2n1. The minimum absolute atomic E-state index is 0.110. The number of nitrogens with one attached hydrogen (secondary N) is 1. The molecule has 0 aliphatic carbocycles. The molecule has 1 fully saturated rings. The lowest BCUT2D eigenvalue weighted by Gasteiger charge is -2.31. The molecule has 0 saturated carbocycles. The average molecular weight is 379 g/mol. The number of rotatable bonds is 5. The number of fused-ring (bicyclic) bond motifs is 1. The van der Waals surface area contributed by atoms with Crippen molar-refractivity contribution in [3.8, 4) is 0 Å². The highest BCUT2D eigenvalue weighted by atomic mass is 16.5. The van der Waals surface area contributed by atoms with Gasteiger partial charge in [-0.05, 0) is 19.4 Å². The number of ether oxygens (including phenoxy) is 1.